The van der Waals surface area contributed by atoms with Crippen LogP contribution in [0.5, 0.6) is 0 Å². The van der Waals surface area contributed by atoms with Gasteiger partial charge < -0.3 is 0 Å². The molecule has 0 aliphatic carbocycles. The first-order valence-corrected chi connectivity index (χ1v) is 4.97. The summed E-state index contributed by atoms with van der Waals surface area (Å²) in [5, 5.41) is 0. The summed E-state index contributed by atoms with van der Waals surface area (Å²) in [4.78, 5) is 4.00. The normalized spacial score (nSPS) is 12.2. The van der Waals surface area contributed by atoms with E-state index in [-0.39, 0.29) is 4.75 Å². The Morgan fingerprint density at radius 2 is 2.23 bits per heavy atom. The molecule has 1 aromatic rings. The molecule has 70 valence electrons. The first-order valence-electron chi connectivity index (χ1n) is 4.19. The van der Waals surface area contributed by atoms with E-state index in [1.807, 2.05) is 18.3 Å². The fourth-order valence-corrected chi connectivity index (χ4v) is 1.19. The maximum atomic E-state index is 4.26. The van der Waals surface area contributed by atoms with Crippen molar-refractivity contribution in [2.75, 3.05) is 0 Å². The van der Waals surface area contributed by atoms with Crippen molar-refractivity contribution in [2.24, 2.45) is 4.40 Å². The van der Waals surface area contributed by atoms with Gasteiger partial charge >= 0.3 is 0 Å². The molecule has 0 unspecified atom stereocenters. The Hall–Kier alpha value is -0.830. The maximum absolute atomic E-state index is 4.26. The molecule has 0 amide bonds. The summed E-state index contributed by atoms with van der Waals surface area (Å²) < 4.78 is 4.44. The van der Waals surface area contributed by atoms with Crippen LogP contribution in [-0.2, 0) is 0 Å². The molecular formula is C10H14N2S. The molecule has 0 aromatic carbocycles. The molecule has 0 fully saturated rings. The van der Waals surface area contributed by atoms with Crippen LogP contribution in [0.2, 0.25) is 0 Å². The minimum Gasteiger partial charge on any atom is -0.264 e. The van der Waals surface area contributed by atoms with Gasteiger partial charge in [0.15, 0.2) is 0 Å². The van der Waals surface area contributed by atoms with Crippen LogP contribution in [0.4, 0.5) is 0 Å². The minimum atomic E-state index is 0.179. The second-order valence-electron chi connectivity index (χ2n) is 3.72. The SMILES string of the molecule is CC(C)(C)SN=Cc1cccnc1. The molecule has 0 N–H and O–H groups in total. The highest BCUT2D eigenvalue weighted by atomic mass is 32.2. The van der Waals surface area contributed by atoms with Gasteiger partial charge in [-0.05, 0) is 38.8 Å². The van der Waals surface area contributed by atoms with Gasteiger partial charge in [0, 0.05) is 28.9 Å². The van der Waals surface area contributed by atoms with E-state index in [0.717, 1.165) is 5.56 Å². The standard InChI is InChI=1S/C10H14N2S/c1-10(2,3)13-12-8-9-5-4-6-11-7-9/h4-8H,1-3H3. The fraction of sp³-hybridized carbons (Fsp3) is 0.400. The van der Waals surface area contributed by atoms with Gasteiger partial charge in [0.25, 0.3) is 0 Å². The molecule has 1 aromatic heterocycles. The van der Waals surface area contributed by atoms with Crippen LogP contribution in [0, 0.1) is 0 Å². The third kappa shape index (κ3) is 4.68. The van der Waals surface area contributed by atoms with Crippen LogP contribution in [0.3, 0.4) is 0 Å². The predicted octanol–water partition coefficient (Wildman–Crippen LogP) is 2.95. The van der Waals surface area contributed by atoms with Crippen molar-refractivity contribution >= 4 is 18.2 Å². The van der Waals surface area contributed by atoms with Crippen molar-refractivity contribution in [3.8, 4) is 0 Å². The highest BCUT2D eigenvalue weighted by molar-refractivity contribution is 7.99. The van der Waals surface area contributed by atoms with E-state index in [2.05, 4.69) is 30.2 Å². The van der Waals surface area contributed by atoms with Crippen LogP contribution < -0.4 is 0 Å². The first kappa shape index (κ1) is 10.3. The monoisotopic (exact) mass is 194 g/mol. The lowest BCUT2D eigenvalue weighted by Crippen LogP contribution is -2.04. The molecule has 1 rings (SSSR count). The summed E-state index contributed by atoms with van der Waals surface area (Å²) in [5.41, 5.74) is 1.04. The molecule has 0 bridgehead atoms. The highest BCUT2D eigenvalue weighted by Crippen LogP contribution is 2.23. The van der Waals surface area contributed by atoms with E-state index >= 15 is 0 Å². The largest absolute Gasteiger partial charge is 0.264 e. The van der Waals surface area contributed by atoms with Crippen molar-refractivity contribution in [3.05, 3.63) is 30.1 Å². The summed E-state index contributed by atoms with van der Waals surface area (Å²) >= 11 is 1.57. The van der Waals surface area contributed by atoms with Gasteiger partial charge in [-0.25, -0.2) is 4.40 Å². The zero-order chi connectivity index (χ0) is 9.73. The number of nitrogens with zero attached hydrogens (tertiary/aromatic N) is 2. The van der Waals surface area contributed by atoms with E-state index in [1.54, 1.807) is 24.3 Å². The Labute approximate surface area is 83.6 Å². The van der Waals surface area contributed by atoms with Gasteiger partial charge in [-0.2, -0.15) is 0 Å². The van der Waals surface area contributed by atoms with Crippen LogP contribution >= 0.6 is 11.9 Å². The summed E-state index contributed by atoms with van der Waals surface area (Å²) in [6.45, 7) is 6.41. The Balaban J connectivity index is 2.51. The van der Waals surface area contributed by atoms with E-state index in [0.29, 0.717) is 0 Å². The Morgan fingerprint density at radius 1 is 1.46 bits per heavy atom. The lowest BCUT2D eigenvalue weighted by atomic mass is 10.3. The molecule has 3 heteroatoms. The molecule has 0 aliphatic heterocycles. The van der Waals surface area contributed by atoms with E-state index in [9.17, 15) is 0 Å². The van der Waals surface area contributed by atoms with E-state index in [4.69, 9.17) is 0 Å². The smallest absolute Gasteiger partial charge is 0.0439 e. The molecule has 13 heavy (non-hydrogen) atoms. The summed E-state index contributed by atoms with van der Waals surface area (Å²) in [6.07, 6.45) is 5.39. The van der Waals surface area contributed by atoms with Gasteiger partial charge in [0.1, 0.15) is 0 Å². The predicted molar refractivity (Wildman–Crippen MR) is 59.2 cm³/mol. The van der Waals surface area contributed by atoms with Gasteiger partial charge in [-0.3, -0.25) is 4.98 Å². The topological polar surface area (TPSA) is 25.2 Å². The summed E-state index contributed by atoms with van der Waals surface area (Å²) in [7, 11) is 0. The van der Waals surface area contributed by atoms with E-state index in [1.165, 1.54) is 0 Å². The second-order valence-corrected chi connectivity index (χ2v) is 5.34. The number of hydrogen-bond acceptors (Lipinski definition) is 3. The van der Waals surface area contributed by atoms with Crippen LogP contribution in [0.15, 0.2) is 28.9 Å². The number of aromatic nitrogens is 1. The lowest BCUT2D eigenvalue weighted by molar-refractivity contribution is 0.804. The van der Waals surface area contributed by atoms with Crippen molar-refractivity contribution in [3.63, 3.8) is 0 Å². The first-order chi connectivity index (χ1) is 6.08. The van der Waals surface area contributed by atoms with Crippen molar-refractivity contribution in [1.82, 2.24) is 4.98 Å². The zero-order valence-electron chi connectivity index (χ0n) is 8.19. The summed E-state index contributed by atoms with van der Waals surface area (Å²) in [5.74, 6) is 0. The van der Waals surface area contributed by atoms with Crippen LogP contribution in [0.25, 0.3) is 0 Å². The van der Waals surface area contributed by atoms with Crippen molar-refractivity contribution < 1.29 is 0 Å². The fourth-order valence-electron chi connectivity index (χ4n) is 0.698. The van der Waals surface area contributed by atoms with Crippen LogP contribution in [-0.4, -0.2) is 15.9 Å². The highest BCUT2D eigenvalue weighted by Gasteiger charge is 2.08. The molecular weight excluding hydrogens is 180 g/mol. The minimum absolute atomic E-state index is 0.179. The molecule has 0 saturated carbocycles. The number of pyridine rings is 1. The third-order valence-electron chi connectivity index (χ3n) is 1.21. The molecule has 0 atom stereocenters. The average Bonchev–Trinajstić information content (AvgIpc) is 2.04. The van der Waals surface area contributed by atoms with Gasteiger partial charge in [0.2, 0.25) is 0 Å². The lowest BCUT2D eigenvalue weighted by Gasteiger charge is -2.11. The molecule has 0 saturated heterocycles. The maximum Gasteiger partial charge on any atom is 0.0439 e. The van der Waals surface area contributed by atoms with Crippen molar-refractivity contribution in [1.29, 1.82) is 0 Å². The molecule has 2 nitrogen and oxygen atoms in total. The van der Waals surface area contributed by atoms with Gasteiger partial charge in [-0.15, -0.1) is 0 Å². The molecule has 0 radical (unpaired) electrons. The molecule has 0 aliphatic rings. The number of hydrogen-bond donors (Lipinski definition) is 0. The quantitative estimate of drug-likeness (QED) is 0.534. The molecule has 0 spiro atoms. The zero-order valence-corrected chi connectivity index (χ0v) is 9.01. The number of rotatable bonds is 2. The third-order valence-corrected chi connectivity index (χ3v) is 1.97. The van der Waals surface area contributed by atoms with Gasteiger partial charge in [0.05, 0.1) is 0 Å². The summed E-state index contributed by atoms with van der Waals surface area (Å²) in [6, 6.07) is 3.89. The Bertz CT molecular complexity index is 275. The average molecular weight is 194 g/mol. The van der Waals surface area contributed by atoms with Crippen LogP contribution in [0.1, 0.15) is 26.3 Å². The Kier molecular flexibility index (Phi) is 3.48. The molecule has 1 heterocycles. The second kappa shape index (κ2) is 4.42. The van der Waals surface area contributed by atoms with Crippen molar-refractivity contribution in [2.45, 2.75) is 25.5 Å². The van der Waals surface area contributed by atoms with Gasteiger partial charge in [-0.1, -0.05) is 6.07 Å². The Morgan fingerprint density at radius 3 is 2.77 bits per heavy atom. The van der Waals surface area contributed by atoms with E-state index < -0.39 is 0 Å².